The fraction of sp³-hybridized carbons (Fsp3) is 0.526. The predicted octanol–water partition coefficient (Wildman–Crippen LogP) is 1.95. The second-order valence-electron chi connectivity index (χ2n) is 6.47. The van der Waals surface area contributed by atoms with Crippen LogP contribution in [0.25, 0.3) is 0 Å². The minimum Gasteiger partial charge on any atom is -0.456 e. The van der Waals surface area contributed by atoms with E-state index in [1.165, 1.54) is 5.56 Å². The third-order valence-corrected chi connectivity index (χ3v) is 4.43. The van der Waals surface area contributed by atoms with Crippen molar-refractivity contribution >= 4 is 17.9 Å². The van der Waals surface area contributed by atoms with Crippen LogP contribution >= 0.6 is 0 Å². The van der Waals surface area contributed by atoms with Gasteiger partial charge in [-0.25, -0.2) is 4.79 Å². The van der Waals surface area contributed by atoms with E-state index in [2.05, 4.69) is 16.7 Å². The van der Waals surface area contributed by atoms with E-state index in [9.17, 15) is 14.4 Å². The number of unbranched alkanes of at least 4 members (excludes halogenated alkanes) is 2. The summed E-state index contributed by atoms with van der Waals surface area (Å²) in [7, 11) is 0. The summed E-state index contributed by atoms with van der Waals surface area (Å²) in [5, 5.41) is 5.45. The molecule has 0 spiro atoms. The standard InChI is InChI=1S/C19H27N3O4/c20-19(25)21-12-5-1-2-11-18(24)26-13-17(23)22-16-10-6-8-14-7-3-4-9-15(14)16/h3-4,7,9,16H,1-2,5-6,8,10-13H2,(H,22,23)(H3,20,21,25)/t16-/m1/s1. The van der Waals surface area contributed by atoms with E-state index in [4.69, 9.17) is 10.5 Å². The van der Waals surface area contributed by atoms with Crippen LogP contribution in [0.5, 0.6) is 0 Å². The van der Waals surface area contributed by atoms with Gasteiger partial charge in [0.05, 0.1) is 6.04 Å². The number of benzene rings is 1. The normalized spacial score (nSPS) is 15.6. The lowest BCUT2D eigenvalue weighted by molar-refractivity contribution is -0.148. The number of hydrogen-bond donors (Lipinski definition) is 3. The smallest absolute Gasteiger partial charge is 0.312 e. The van der Waals surface area contributed by atoms with E-state index in [1.54, 1.807) is 0 Å². The highest BCUT2D eigenvalue weighted by atomic mass is 16.5. The van der Waals surface area contributed by atoms with Crippen molar-refractivity contribution in [1.82, 2.24) is 10.6 Å². The number of fused-ring (bicyclic) bond motifs is 1. The molecule has 0 saturated carbocycles. The molecule has 7 heteroatoms. The van der Waals surface area contributed by atoms with Gasteiger partial charge in [-0.3, -0.25) is 9.59 Å². The van der Waals surface area contributed by atoms with Crippen LogP contribution in [0, 0.1) is 0 Å². The Labute approximate surface area is 153 Å². The lowest BCUT2D eigenvalue weighted by atomic mass is 9.88. The summed E-state index contributed by atoms with van der Waals surface area (Å²) >= 11 is 0. The number of carbonyl (C=O) groups is 3. The molecule has 0 heterocycles. The summed E-state index contributed by atoms with van der Waals surface area (Å²) in [4.78, 5) is 34.3. The van der Waals surface area contributed by atoms with Crippen LogP contribution in [0.1, 0.15) is 55.7 Å². The van der Waals surface area contributed by atoms with Crippen molar-refractivity contribution in [3.05, 3.63) is 35.4 Å². The number of urea groups is 1. The first-order valence-electron chi connectivity index (χ1n) is 9.12. The molecule has 0 saturated heterocycles. The Hall–Kier alpha value is -2.57. The van der Waals surface area contributed by atoms with E-state index in [-0.39, 0.29) is 30.9 Å². The Balaban J connectivity index is 1.62. The molecule has 0 radical (unpaired) electrons. The molecule has 0 fully saturated rings. The first kappa shape index (κ1) is 19.8. The van der Waals surface area contributed by atoms with Gasteiger partial charge >= 0.3 is 12.0 Å². The zero-order valence-corrected chi connectivity index (χ0v) is 15.0. The second-order valence-corrected chi connectivity index (χ2v) is 6.47. The summed E-state index contributed by atoms with van der Waals surface area (Å²) in [6.45, 7) is 0.246. The molecule has 1 atom stereocenters. The summed E-state index contributed by atoms with van der Waals surface area (Å²) in [5.74, 6) is -0.655. The van der Waals surface area contributed by atoms with Crippen molar-refractivity contribution in [2.75, 3.05) is 13.2 Å². The minimum atomic E-state index is -0.545. The van der Waals surface area contributed by atoms with Crippen LogP contribution < -0.4 is 16.4 Å². The summed E-state index contributed by atoms with van der Waals surface area (Å²) in [5.41, 5.74) is 7.38. The number of rotatable bonds is 9. The lowest BCUT2D eigenvalue weighted by Gasteiger charge is -2.26. The van der Waals surface area contributed by atoms with Crippen molar-refractivity contribution in [3.63, 3.8) is 0 Å². The Bertz CT molecular complexity index is 633. The van der Waals surface area contributed by atoms with Crippen molar-refractivity contribution in [2.45, 2.75) is 51.0 Å². The number of nitrogens with two attached hydrogens (primary N) is 1. The number of nitrogens with one attached hydrogen (secondary N) is 2. The van der Waals surface area contributed by atoms with Gasteiger partial charge in [0.25, 0.3) is 5.91 Å². The molecule has 7 nitrogen and oxygen atoms in total. The molecule has 1 aromatic carbocycles. The number of esters is 1. The van der Waals surface area contributed by atoms with Crippen LogP contribution in [0.3, 0.4) is 0 Å². The number of carbonyl (C=O) groups excluding carboxylic acids is 3. The van der Waals surface area contributed by atoms with E-state index in [1.807, 2.05) is 18.2 Å². The fourth-order valence-electron chi connectivity index (χ4n) is 3.14. The van der Waals surface area contributed by atoms with Gasteiger partial charge in [-0.15, -0.1) is 0 Å². The molecule has 142 valence electrons. The van der Waals surface area contributed by atoms with Gasteiger partial charge in [-0.1, -0.05) is 30.7 Å². The molecule has 3 amide bonds. The van der Waals surface area contributed by atoms with Crippen molar-refractivity contribution in [3.8, 4) is 0 Å². The van der Waals surface area contributed by atoms with E-state index >= 15 is 0 Å². The maximum absolute atomic E-state index is 12.1. The summed E-state index contributed by atoms with van der Waals surface area (Å²) < 4.78 is 5.04. The Morgan fingerprint density at radius 3 is 2.77 bits per heavy atom. The maximum atomic E-state index is 12.1. The van der Waals surface area contributed by atoms with Crippen molar-refractivity contribution < 1.29 is 19.1 Å². The number of ether oxygens (including phenoxy) is 1. The molecule has 0 aliphatic heterocycles. The predicted molar refractivity (Wildman–Crippen MR) is 97.3 cm³/mol. The number of amides is 3. The van der Waals surface area contributed by atoms with Gasteiger partial charge < -0.3 is 21.1 Å². The first-order valence-corrected chi connectivity index (χ1v) is 9.12. The monoisotopic (exact) mass is 361 g/mol. The Morgan fingerprint density at radius 1 is 1.15 bits per heavy atom. The van der Waals surface area contributed by atoms with Crippen LogP contribution in [-0.4, -0.2) is 31.1 Å². The second kappa shape index (κ2) is 10.4. The molecule has 0 unspecified atom stereocenters. The molecule has 2 rings (SSSR count). The lowest BCUT2D eigenvalue weighted by Crippen LogP contribution is -2.34. The highest BCUT2D eigenvalue weighted by molar-refractivity contribution is 5.81. The van der Waals surface area contributed by atoms with Gasteiger partial charge in [-0.2, -0.15) is 0 Å². The first-order chi connectivity index (χ1) is 12.6. The highest BCUT2D eigenvalue weighted by Gasteiger charge is 2.21. The fourth-order valence-corrected chi connectivity index (χ4v) is 3.14. The number of aryl methyl sites for hydroxylation is 1. The Kier molecular flexibility index (Phi) is 7.92. The topological polar surface area (TPSA) is 111 Å². The minimum absolute atomic E-state index is 0.0103. The van der Waals surface area contributed by atoms with E-state index in [0.717, 1.165) is 37.7 Å². The van der Waals surface area contributed by atoms with E-state index < -0.39 is 6.03 Å². The Morgan fingerprint density at radius 2 is 1.96 bits per heavy atom. The van der Waals surface area contributed by atoms with Crippen LogP contribution in [0.4, 0.5) is 4.79 Å². The number of primary amides is 1. The molecule has 1 aliphatic rings. The highest BCUT2D eigenvalue weighted by Crippen LogP contribution is 2.29. The molecular weight excluding hydrogens is 334 g/mol. The molecular formula is C19H27N3O4. The summed E-state index contributed by atoms with van der Waals surface area (Å²) in [6, 6.07) is 7.56. The largest absolute Gasteiger partial charge is 0.456 e. The number of hydrogen-bond acceptors (Lipinski definition) is 4. The van der Waals surface area contributed by atoms with Crippen LogP contribution in [0.15, 0.2) is 24.3 Å². The van der Waals surface area contributed by atoms with Crippen molar-refractivity contribution in [2.24, 2.45) is 5.73 Å². The summed E-state index contributed by atoms with van der Waals surface area (Å²) in [6.07, 6.45) is 5.40. The van der Waals surface area contributed by atoms with E-state index in [0.29, 0.717) is 13.0 Å². The average Bonchev–Trinajstić information content (AvgIpc) is 2.63. The van der Waals surface area contributed by atoms with Crippen LogP contribution in [-0.2, 0) is 20.7 Å². The van der Waals surface area contributed by atoms with Gasteiger partial charge in [0.2, 0.25) is 0 Å². The van der Waals surface area contributed by atoms with Crippen LogP contribution in [0.2, 0.25) is 0 Å². The molecule has 0 bridgehead atoms. The van der Waals surface area contributed by atoms with Gasteiger partial charge in [0, 0.05) is 13.0 Å². The SMILES string of the molecule is NC(=O)NCCCCCC(=O)OCC(=O)N[C@@H]1CCCc2ccccc21. The van der Waals surface area contributed by atoms with Crippen molar-refractivity contribution in [1.29, 1.82) is 0 Å². The van der Waals surface area contributed by atoms with Gasteiger partial charge in [0.1, 0.15) is 0 Å². The van der Waals surface area contributed by atoms with Gasteiger partial charge in [-0.05, 0) is 43.2 Å². The third-order valence-electron chi connectivity index (χ3n) is 4.43. The zero-order chi connectivity index (χ0) is 18.8. The molecule has 26 heavy (non-hydrogen) atoms. The average molecular weight is 361 g/mol. The molecule has 1 aromatic rings. The quantitative estimate of drug-likeness (QED) is 0.461. The molecule has 4 N–H and O–H groups in total. The van der Waals surface area contributed by atoms with Gasteiger partial charge in [0.15, 0.2) is 6.61 Å². The maximum Gasteiger partial charge on any atom is 0.312 e. The molecule has 1 aliphatic carbocycles. The zero-order valence-electron chi connectivity index (χ0n) is 15.0. The third kappa shape index (κ3) is 6.74. The molecule has 0 aromatic heterocycles.